The third kappa shape index (κ3) is 5.35. The van der Waals surface area contributed by atoms with Gasteiger partial charge in [0, 0.05) is 29.6 Å². The Kier molecular flexibility index (Phi) is 6.61. The molecule has 0 saturated carbocycles. The molecule has 2 rings (SSSR count). The molecule has 0 saturated heterocycles. The summed E-state index contributed by atoms with van der Waals surface area (Å²) in [6, 6.07) is 13.0. The fourth-order valence-electron chi connectivity index (χ4n) is 1.99. The first-order valence-electron chi connectivity index (χ1n) is 7.20. The van der Waals surface area contributed by atoms with E-state index in [4.69, 9.17) is 0 Å². The van der Waals surface area contributed by atoms with E-state index in [1.54, 1.807) is 0 Å². The average molecular weight is 286 g/mol. The van der Waals surface area contributed by atoms with Crippen LogP contribution >= 0.6 is 11.8 Å². The van der Waals surface area contributed by atoms with Crippen molar-refractivity contribution in [3.8, 4) is 0 Å². The van der Waals surface area contributed by atoms with Gasteiger partial charge in [0.05, 0.1) is 0 Å². The summed E-state index contributed by atoms with van der Waals surface area (Å²) in [7, 11) is 0. The molecule has 1 aromatic carbocycles. The van der Waals surface area contributed by atoms with E-state index in [0.717, 1.165) is 25.3 Å². The summed E-state index contributed by atoms with van der Waals surface area (Å²) in [6.45, 7) is 4.24. The maximum absolute atomic E-state index is 4.15. The van der Waals surface area contributed by atoms with Crippen LogP contribution in [0, 0.1) is 0 Å². The van der Waals surface area contributed by atoms with E-state index in [9.17, 15) is 0 Å². The lowest BCUT2D eigenvalue weighted by Crippen LogP contribution is -2.13. The fourth-order valence-corrected chi connectivity index (χ4v) is 2.97. The Hall–Kier alpha value is -1.32. The number of hydrogen-bond acceptors (Lipinski definition) is 3. The predicted molar refractivity (Wildman–Crippen MR) is 87.1 cm³/mol. The zero-order chi connectivity index (χ0) is 14.0. The average Bonchev–Trinajstić information content (AvgIpc) is 2.49. The van der Waals surface area contributed by atoms with Gasteiger partial charge in [-0.05, 0) is 48.7 Å². The van der Waals surface area contributed by atoms with Gasteiger partial charge in [-0.1, -0.05) is 25.1 Å². The highest BCUT2D eigenvalue weighted by atomic mass is 32.2. The Bertz CT molecular complexity index is 499. The first kappa shape index (κ1) is 15.1. The van der Waals surface area contributed by atoms with E-state index in [2.05, 4.69) is 47.6 Å². The van der Waals surface area contributed by atoms with Gasteiger partial charge in [-0.25, -0.2) is 0 Å². The highest BCUT2D eigenvalue weighted by Gasteiger charge is 1.98. The van der Waals surface area contributed by atoms with Crippen molar-refractivity contribution in [1.29, 1.82) is 0 Å². The van der Waals surface area contributed by atoms with Crippen LogP contribution in [-0.2, 0) is 13.0 Å². The van der Waals surface area contributed by atoms with Crippen LogP contribution in [0.3, 0.4) is 0 Å². The second kappa shape index (κ2) is 8.77. The summed E-state index contributed by atoms with van der Waals surface area (Å²) in [6.07, 6.45) is 6.02. The standard InChI is InChI=1S/C17H22N2S/c1-2-9-18-14-16-5-3-7-17(12-16)20-11-8-15-6-4-10-19-13-15/h3-7,10,12-13,18H,2,8-9,11,14H2,1H3. The SMILES string of the molecule is CCCNCc1cccc(SCCc2cccnc2)c1. The third-order valence-corrected chi connectivity index (χ3v) is 4.03. The molecule has 1 heterocycles. The molecule has 0 radical (unpaired) electrons. The Labute approximate surface area is 126 Å². The summed E-state index contributed by atoms with van der Waals surface area (Å²) in [5, 5.41) is 3.44. The molecular weight excluding hydrogens is 264 g/mol. The van der Waals surface area contributed by atoms with Gasteiger partial charge in [-0.2, -0.15) is 0 Å². The fraction of sp³-hybridized carbons (Fsp3) is 0.353. The molecule has 0 aliphatic rings. The van der Waals surface area contributed by atoms with E-state index < -0.39 is 0 Å². The van der Waals surface area contributed by atoms with Crippen molar-refractivity contribution in [3.63, 3.8) is 0 Å². The van der Waals surface area contributed by atoms with Gasteiger partial charge in [-0.3, -0.25) is 4.98 Å². The smallest absolute Gasteiger partial charge is 0.0300 e. The minimum Gasteiger partial charge on any atom is -0.313 e. The van der Waals surface area contributed by atoms with Crippen molar-refractivity contribution < 1.29 is 0 Å². The number of thioether (sulfide) groups is 1. The molecule has 1 aromatic heterocycles. The number of nitrogens with zero attached hydrogens (tertiary/aromatic N) is 1. The molecule has 0 amide bonds. The van der Waals surface area contributed by atoms with E-state index in [1.807, 2.05) is 30.2 Å². The van der Waals surface area contributed by atoms with Crippen molar-refractivity contribution in [2.45, 2.75) is 31.2 Å². The second-order valence-corrected chi connectivity index (χ2v) is 5.95. The lowest BCUT2D eigenvalue weighted by molar-refractivity contribution is 0.674. The Balaban J connectivity index is 1.79. The number of benzene rings is 1. The lowest BCUT2D eigenvalue weighted by atomic mass is 10.2. The molecule has 0 fully saturated rings. The lowest BCUT2D eigenvalue weighted by Gasteiger charge is -2.06. The van der Waals surface area contributed by atoms with Crippen LogP contribution in [0.2, 0.25) is 0 Å². The molecule has 2 aromatic rings. The van der Waals surface area contributed by atoms with Crippen molar-refractivity contribution >= 4 is 11.8 Å². The summed E-state index contributed by atoms with van der Waals surface area (Å²) >= 11 is 1.91. The molecular formula is C17H22N2S. The Morgan fingerprint density at radius 3 is 2.85 bits per heavy atom. The van der Waals surface area contributed by atoms with E-state index in [0.29, 0.717) is 0 Å². The molecule has 20 heavy (non-hydrogen) atoms. The highest BCUT2D eigenvalue weighted by molar-refractivity contribution is 7.99. The molecule has 0 aliphatic carbocycles. The van der Waals surface area contributed by atoms with E-state index in [1.165, 1.54) is 22.4 Å². The molecule has 0 spiro atoms. The third-order valence-electron chi connectivity index (χ3n) is 3.04. The topological polar surface area (TPSA) is 24.9 Å². The normalized spacial score (nSPS) is 10.7. The van der Waals surface area contributed by atoms with Crippen LogP contribution in [0.15, 0.2) is 53.7 Å². The number of nitrogens with one attached hydrogen (secondary N) is 1. The van der Waals surface area contributed by atoms with Gasteiger partial charge >= 0.3 is 0 Å². The van der Waals surface area contributed by atoms with Crippen molar-refractivity contribution in [1.82, 2.24) is 10.3 Å². The van der Waals surface area contributed by atoms with Crippen molar-refractivity contribution in [3.05, 3.63) is 59.9 Å². The van der Waals surface area contributed by atoms with Crippen LogP contribution in [0.5, 0.6) is 0 Å². The molecule has 0 atom stereocenters. The minimum absolute atomic E-state index is 0.963. The predicted octanol–water partition coefficient (Wildman–Crippen LogP) is 3.92. The van der Waals surface area contributed by atoms with Crippen LogP contribution < -0.4 is 5.32 Å². The first-order chi connectivity index (χ1) is 9.88. The van der Waals surface area contributed by atoms with E-state index in [-0.39, 0.29) is 0 Å². The van der Waals surface area contributed by atoms with E-state index >= 15 is 0 Å². The zero-order valence-electron chi connectivity index (χ0n) is 12.0. The molecule has 0 unspecified atom stereocenters. The molecule has 2 nitrogen and oxygen atoms in total. The van der Waals surface area contributed by atoms with Crippen LogP contribution in [-0.4, -0.2) is 17.3 Å². The van der Waals surface area contributed by atoms with Gasteiger partial charge in [-0.15, -0.1) is 11.8 Å². The van der Waals surface area contributed by atoms with Gasteiger partial charge in [0.25, 0.3) is 0 Å². The zero-order valence-corrected chi connectivity index (χ0v) is 12.8. The number of hydrogen-bond donors (Lipinski definition) is 1. The quantitative estimate of drug-likeness (QED) is 0.588. The number of aryl methyl sites for hydroxylation is 1. The highest BCUT2D eigenvalue weighted by Crippen LogP contribution is 2.20. The summed E-state index contributed by atoms with van der Waals surface area (Å²) in [5.41, 5.74) is 2.67. The van der Waals surface area contributed by atoms with Gasteiger partial charge < -0.3 is 5.32 Å². The first-order valence-corrected chi connectivity index (χ1v) is 8.18. The molecule has 106 valence electrons. The molecule has 0 bridgehead atoms. The maximum atomic E-state index is 4.15. The maximum Gasteiger partial charge on any atom is 0.0300 e. The largest absolute Gasteiger partial charge is 0.313 e. The molecule has 0 aliphatic heterocycles. The summed E-state index contributed by atoms with van der Waals surface area (Å²) in [5.74, 6) is 1.09. The van der Waals surface area contributed by atoms with Crippen LogP contribution in [0.25, 0.3) is 0 Å². The van der Waals surface area contributed by atoms with Crippen molar-refractivity contribution in [2.75, 3.05) is 12.3 Å². The molecule has 1 N–H and O–H groups in total. The second-order valence-electron chi connectivity index (χ2n) is 4.78. The monoisotopic (exact) mass is 286 g/mol. The Morgan fingerprint density at radius 1 is 1.15 bits per heavy atom. The number of rotatable bonds is 8. The Morgan fingerprint density at radius 2 is 2.05 bits per heavy atom. The van der Waals surface area contributed by atoms with Crippen LogP contribution in [0.4, 0.5) is 0 Å². The summed E-state index contributed by atoms with van der Waals surface area (Å²) < 4.78 is 0. The molecule has 3 heteroatoms. The van der Waals surface area contributed by atoms with Crippen molar-refractivity contribution in [2.24, 2.45) is 0 Å². The van der Waals surface area contributed by atoms with Gasteiger partial charge in [0.2, 0.25) is 0 Å². The number of pyridine rings is 1. The van der Waals surface area contributed by atoms with Gasteiger partial charge in [0.1, 0.15) is 0 Å². The van der Waals surface area contributed by atoms with Crippen LogP contribution in [0.1, 0.15) is 24.5 Å². The van der Waals surface area contributed by atoms with Gasteiger partial charge in [0.15, 0.2) is 0 Å². The number of aromatic nitrogens is 1. The summed E-state index contributed by atoms with van der Waals surface area (Å²) in [4.78, 5) is 5.50. The minimum atomic E-state index is 0.963.